The summed E-state index contributed by atoms with van der Waals surface area (Å²) in [5, 5.41) is 13.2. The van der Waals surface area contributed by atoms with Crippen LogP contribution in [0.3, 0.4) is 0 Å². The number of benzene rings is 1. The van der Waals surface area contributed by atoms with Gasteiger partial charge >= 0.3 is 0 Å². The molecular weight excluding hydrogens is 406 g/mol. The fourth-order valence-corrected chi connectivity index (χ4v) is 5.25. The number of pyridine rings is 1. The lowest BCUT2D eigenvalue weighted by atomic mass is 10.0. The van der Waals surface area contributed by atoms with Crippen molar-refractivity contribution in [2.45, 2.75) is 38.1 Å². The van der Waals surface area contributed by atoms with Crippen molar-refractivity contribution in [2.24, 2.45) is 0 Å². The van der Waals surface area contributed by atoms with Gasteiger partial charge in [0.15, 0.2) is 0 Å². The van der Waals surface area contributed by atoms with Crippen molar-refractivity contribution in [3.05, 3.63) is 46.6 Å². The first-order chi connectivity index (χ1) is 15.1. The lowest BCUT2D eigenvalue weighted by molar-refractivity contribution is -0.113. The van der Waals surface area contributed by atoms with Crippen molar-refractivity contribution >= 4 is 29.0 Å². The number of nitrogens with zero attached hydrogens (tertiary/aromatic N) is 4. The first-order valence-electron chi connectivity index (χ1n) is 11.0. The molecule has 1 N–H and O–H groups in total. The number of rotatable bonds is 6. The van der Waals surface area contributed by atoms with Crippen molar-refractivity contribution in [3.8, 4) is 6.07 Å². The molecule has 0 atom stereocenters. The Kier molecular flexibility index (Phi) is 6.79. The second-order valence-corrected chi connectivity index (χ2v) is 9.08. The number of nitriles is 1. The minimum atomic E-state index is -0.0850. The fraction of sp³-hybridized carbons (Fsp3) is 0.458. The number of anilines is 2. The zero-order chi connectivity index (χ0) is 21.8. The average Bonchev–Trinajstić information content (AvgIpc) is 3.27. The maximum atomic E-state index is 12.5. The number of aryl methyl sites for hydroxylation is 1. The van der Waals surface area contributed by atoms with Gasteiger partial charge in [0.1, 0.15) is 11.1 Å². The van der Waals surface area contributed by atoms with E-state index in [1.807, 2.05) is 19.1 Å². The molecule has 0 spiro atoms. The van der Waals surface area contributed by atoms with E-state index in [4.69, 9.17) is 4.98 Å². The summed E-state index contributed by atoms with van der Waals surface area (Å²) < 4.78 is 0. The molecule has 2 aromatic rings. The van der Waals surface area contributed by atoms with Gasteiger partial charge in [0.2, 0.25) is 5.91 Å². The highest BCUT2D eigenvalue weighted by molar-refractivity contribution is 8.00. The van der Waals surface area contributed by atoms with E-state index in [-0.39, 0.29) is 11.7 Å². The Morgan fingerprint density at radius 1 is 1.19 bits per heavy atom. The van der Waals surface area contributed by atoms with Crippen LogP contribution in [0.15, 0.2) is 29.3 Å². The molecule has 162 valence electrons. The molecule has 4 rings (SSSR count). The highest BCUT2D eigenvalue weighted by Gasteiger charge is 2.21. The molecular formula is C24H29N5OS. The fourth-order valence-electron chi connectivity index (χ4n) is 4.39. The van der Waals surface area contributed by atoms with Crippen LogP contribution in [0.5, 0.6) is 0 Å². The average molecular weight is 436 g/mol. The summed E-state index contributed by atoms with van der Waals surface area (Å²) in [6, 6.07) is 10.4. The van der Waals surface area contributed by atoms with Crippen LogP contribution in [0, 0.1) is 18.3 Å². The van der Waals surface area contributed by atoms with Gasteiger partial charge in [-0.3, -0.25) is 4.79 Å². The van der Waals surface area contributed by atoms with Crippen LogP contribution in [-0.2, 0) is 17.6 Å². The minimum absolute atomic E-state index is 0.0850. The van der Waals surface area contributed by atoms with Crippen LogP contribution >= 0.6 is 11.8 Å². The summed E-state index contributed by atoms with van der Waals surface area (Å²) >= 11 is 1.35. The number of hydrogen-bond donors (Lipinski definition) is 1. The van der Waals surface area contributed by atoms with Crippen molar-refractivity contribution in [1.82, 2.24) is 9.88 Å². The number of fused-ring (bicyclic) bond motifs is 1. The van der Waals surface area contributed by atoms with Gasteiger partial charge in [-0.2, -0.15) is 5.26 Å². The quantitative estimate of drug-likeness (QED) is 0.699. The van der Waals surface area contributed by atoms with E-state index in [0.29, 0.717) is 10.6 Å². The maximum Gasteiger partial charge on any atom is 0.234 e. The first kappa shape index (κ1) is 21.7. The van der Waals surface area contributed by atoms with E-state index in [1.165, 1.54) is 23.0 Å². The standard InChI is InChI=1S/C24H29N5OS/c1-3-28-11-13-29(14-12-28)19-9-7-18(8-10-19)26-23(30)16-31-24-21(15-25)17(2)20-5-4-6-22(20)27-24/h7-10H,3-6,11-14,16H2,1-2H3,(H,26,30). The number of aromatic nitrogens is 1. The Bertz CT molecular complexity index is 991. The maximum absolute atomic E-state index is 12.5. The predicted molar refractivity (Wildman–Crippen MR) is 126 cm³/mol. The summed E-state index contributed by atoms with van der Waals surface area (Å²) in [6.07, 6.45) is 3.05. The highest BCUT2D eigenvalue weighted by atomic mass is 32.2. The van der Waals surface area contributed by atoms with E-state index >= 15 is 0 Å². The van der Waals surface area contributed by atoms with Crippen LogP contribution in [0.25, 0.3) is 0 Å². The molecule has 2 heterocycles. The summed E-state index contributed by atoms with van der Waals surface area (Å²) in [4.78, 5) is 22.0. The van der Waals surface area contributed by atoms with Gasteiger partial charge in [-0.15, -0.1) is 0 Å². The van der Waals surface area contributed by atoms with Gasteiger partial charge in [0.05, 0.1) is 11.3 Å². The molecule has 0 radical (unpaired) electrons. The van der Waals surface area contributed by atoms with Crippen molar-refractivity contribution < 1.29 is 4.79 Å². The van der Waals surface area contributed by atoms with Crippen LogP contribution in [0.2, 0.25) is 0 Å². The second kappa shape index (κ2) is 9.71. The Morgan fingerprint density at radius 2 is 1.94 bits per heavy atom. The number of carbonyl (C=O) groups excluding carboxylic acids is 1. The predicted octanol–water partition coefficient (Wildman–Crippen LogP) is 3.62. The number of piperazine rings is 1. The monoisotopic (exact) mass is 435 g/mol. The summed E-state index contributed by atoms with van der Waals surface area (Å²) in [5.41, 5.74) is 5.95. The molecule has 1 aromatic carbocycles. The number of likely N-dealkylation sites (N-methyl/N-ethyl adjacent to an activating group) is 1. The van der Waals surface area contributed by atoms with Gasteiger partial charge in [0.25, 0.3) is 0 Å². The Labute approximate surface area is 188 Å². The zero-order valence-corrected chi connectivity index (χ0v) is 19.1. The van der Waals surface area contributed by atoms with Crippen molar-refractivity contribution in [2.75, 3.05) is 48.7 Å². The minimum Gasteiger partial charge on any atom is -0.369 e. The molecule has 1 fully saturated rings. The van der Waals surface area contributed by atoms with Gasteiger partial charge in [-0.1, -0.05) is 18.7 Å². The van der Waals surface area contributed by atoms with E-state index < -0.39 is 0 Å². The summed E-state index contributed by atoms with van der Waals surface area (Å²) in [5.74, 6) is 0.152. The zero-order valence-electron chi connectivity index (χ0n) is 18.3. The summed E-state index contributed by atoms with van der Waals surface area (Å²) in [7, 11) is 0. The molecule has 0 unspecified atom stereocenters. The number of amides is 1. The van der Waals surface area contributed by atoms with E-state index in [1.54, 1.807) is 0 Å². The summed E-state index contributed by atoms with van der Waals surface area (Å²) in [6.45, 7) is 9.55. The second-order valence-electron chi connectivity index (χ2n) is 8.11. The third kappa shape index (κ3) is 4.86. The molecule has 1 amide bonds. The normalized spacial score (nSPS) is 16.1. The lowest BCUT2D eigenvalue weighted by Crippen LogP contribution is -2.46. The molecule has 6 nitrogen and oxygen atoms in total. The molecule has 1 aliphatic heterocycles. The molecule has 0 saturated carbocycles. The molecule has 2 aliphatic rings. The van der Waals surface area contributed by atoms with Crippen LogP contribution in [0.4, 0.5) is 11.4 Å². The van der Waals surface area contributed by atoms with Crippen LogP contribution in [-0.4, -0.2) is 54.3 Å². The third-order valence-corrected chi connectivity index (χ3v) is 7.23. The van der Waals surface area contributed by atoms with Crippen molar-refractivity contribution in [1.29, 1.82) is 5.26 Å². The number of carbonyl (C=O) groups is 1. The van der Waals surface area contributed by atoms with Gasteiger partial charge in [-0.05, 0) is 68.1 Å². The van der Waals surface area contributed by atoms with Gasteiger partial charge in [0, 0.05) is 43.2 Å². The molecule has 1 saturated heterocycles. The van der Waals surface area contributed by atoms with Gasteiger partial charge in [-0.25, -0.2) is 4.98 Å². The Hall–Kier alpha value is -2.56. The van der Waals surface area contributed by atoms with Crippen LogP contribution in [0.1, 0.15) is 35.7 Å². The first-order valence-corrected chi connectivity index (χ1v) is 12.0. The van der Waals surface area contributed by atoms with E-state index in [2.05, 4.69) is 40.2 Å². The molecule has 7 heteroatoms. The Morgan fingerprint density at radius 3 is 2.61 bits per heavy atom. The lowest BCUT2D eigenvalue weighted by Gasteiger charge is -2.35. The molecule has 0 bridgehead atoms. The van der Waals surface area contributed by atoms with Crippen LogP contribution < -0.4 is 10.2 Å². The molecule has 1 aliphatic carbocycles. The molecule has 1 aromatic heterocycles. The van der Waals surface area contributed by atoms with Gasteiger partial charge < -0.3 is 15.1 Å². The van der Waals surface area contributed by atoms with Crippen molar-refractivity contribution in [3.63, 3.8) is 0 Å². The largest absolute Gasteiger partial charge is 0.369 e. The SMILES string of the molecule is CCN1CCN(c2ccc(NC(=O)CSc3nc4c(c(C)c3C#N)CCC4)cc2)CC1. The topological polar surface area (TPSA) is 72.3 Å². The smallest absolute Gasteiger partial charge is 0.234 e. The third-order valence-electron chi connectivity index (χ3n) is 6.25. The van der Waals surface area contributed by atoms with E-state index in [9.17, 15) is 10.1 Å². The number of nitrogens with one attached hydrogen (secondary N) is 1. The number of hydrogen-bond acceptors (Lipinski definition) is 6. The Balaban J connectivity index is 1.34. The number of thioether (sulfide) groups is 1. The van der Waals surface area contributed by atoms with E-state index in [0.717, 1.165) is 68.9 Å². The highest BCUT2D eigenvalue weighted by Crippen LogP contribution is 2.31. The molecule has 31 heavy (non-hydrogen) atoms.